The van der Waals surface area contributed by atoms with Crippen molar-refractivity contribution in [2.75, 3.05) is 13.1 Å². The molecular formula is C27H30N2OS. The van der Waals surface area contributed by atoms with Gasteiger partial charge in [0.25, 0.3) is 0 Å². The van der Waals surface area contributed by atoms with E-state index in [9.17, 15) is 4.79 Å². The molecule has 0 saturated heterocycles. The summed E-state index contributed by atoms with van der Waals surface area (Å²) in [6.07, 6.45) is 11.8. The zero-order valence-electron chi connectivity index (χ0n) is 18.0. The van der Waals surface area contributed by atoms with Gasteiger partial charge in [0.2, 0.25) is 0 Å². The lowest BCUT2D eigenvalue weighted by atomic mass is 9.79. The number of ketones is 1. The lowest BCUT2D eigenvalue weighted by molar-refractivity contribution is -0.125. The van der Waals surface area contributed by atoms with Crippen LogP contribution in [0.4, 0.5) is 0 Å². The number of carbonyl (C=O) groups excluding carboxylic acids is 1. The molecule has 3 heterocycles. The fourth-order valence-electron chi connectivity index (χ4n) is 5.22. The molecule has 31 heavy (non-hydrogen) atoms. The van der Waals surface area contributed by atoms with E-state index in [1.807, 2.05) is 35.7 Å². The van der Waals surface area contributed by atoms with Crippen LogP contribution in [0.25, 0.3) is 15.7 Å². The molecule has 3 aromatic rings. The highest BCUT2D eigenvalue weighted by Crippen LogP contribution is 2.35. The molecular weight excluding hydrogens is 400 g/mol. The van der Waals surface area contributed by atoms with Gasteiger partial charge in [-0.15, -0.1) is 11.3 Å². The summed E-state index contributed by atoms with van der Waals surface area (Å²) in [4.78, 5) is 20.4. The monoisotopic (exact) mass is 430 g/mol. The maximum Gasteiger partial charge on any atom is 0.145 e. The number of aromatic nitrogens is 1. The molecule has 4 heteroatoms. The maximum absolute atomic E-state index is 13.4. The maximum atomic E-state index is 13.4. The number of carbonyl (C=O) groups is 1. The first kappa shape index (κ1) is 20.4. The average Bonchev–Trinajstić information content (AvgIpc) is 3.50. The number of benzene rings is 1. The fourth-order valence-corrected chi connectivity index (χ4v) is 6.17. The molecule has 0 spiro atoms. The molecule has 0 radical (unpaired) electrons. The molecule has 1 aliphatic carbocycles. The van der Waals surface area contributed by atoms with Crippen molar-refractivity contribution < 1.29 is 4.79 Å². The van der Waals surface area contributed by atoms with E-state index < -0.39 is 0 Å². The topological polar surface area (TPSA) is 33.2 Å². The number of hydrogen-bond donors (Lipinski definition) is 0. The second kappa shape index (κ2) is 9.35. The van der Waals surface area contributed by atoms with E-state index in [1.54, 1.807) is 0 Å². The lowest BCUT2D eigenvalue weighted by Crippen LogP contribution is -2.28. The van der Waals surface area contributed by atoms with Gasteiger partial charge in [0.05, 0.1) is 11.6 Å². The van der Waals surface area contributed by atoms with Crippen LogP contribution >= 0.6 is 11.3 Å². The van der Waals surface area contributed by atoms with E-state index in [2.05, 4.69) is 45.7 Å². The summed E-state index contributed by atoms with van der Waals surface area (Å²) in [7, 11) is 0. The third-order valence-electron chi connectivity index (χ3n) is 6.93. The van der Waals surface area contributed by atoms with Gasteiger partial charge in [-0.1, -0.05) is 43.5 Å². The number of thiophene rings is 1. The van der Waals surface area contributed by atoms with Crippen molar-refractivity contribution in [2.45, 2.75) is 50.9 Å². The van der Waals surface area contributed by atoms with Crippen LogP contribution in [0.5, 0.6) is 0 Å². The Bertz CT molecular complexity index is 1070. The molecule has 1 fully saturated rings. The van der Waals surface area contributed by atoms with Gasteiger partial charge in [0.1, 0.15) is 5.78 Å². The van der Waals surface area contributed by atoms with Gasteiger partial charge in [-0.2, -0.15) is 0 Å². The Morgan fingerprint density at radius 2 is 2.00 bits per heavy atom. The van der Waals surface area contributed by atoms with Crippen LogP contribution in [0.2, 0.25) is 0 Å². The third kappa shape index (κ3) is 4.45. The minimum absolute atomic E-state index is 0.0810. The van der Waals surface area contributed by atoms with Gasteiger partial charge in [-0.05, 0) is 65.8 Å². The van der Waals surface area contributed by atoms with Gasteiger partial charge in [0.15, 0.2) is 0 Å². The summed E-state index contributed by atoms with van der Waals surface area (Å²) >= 11 is 1.82. The summed E-state index contributed by atoms with van der Waals surface area (Å²) < 4.78 is 1.38. The van der Waals surface area contributed by atoms with Crippen LogP contribution in [-0.4, -0.2) is 28.8 Å². The first-order chi connectivity index (χ1) is 15.3. The molecule has 1 saturated carbocycles. The summed E-state index contributed by atoms with van der Waals surface area (Å²) in [5.41, 5.74) is 3.74. The normalized spacial score (nSPS) is 18.3. The number of rotatable bonds is 7. The average molecular weight is 431 g/mol. The molecule has 0 amide bonds. The van der Waals surface area contributed by atoms with E-state index in [-0.39, 0.29) is 11.8 Å². The number of pyridine rings is 1. The van der Waals surface area contributed by atoms with Crippen LogP contribution in [0.3, 0.4) is 0 Å². The molecule has 1 unspecified atom stereocenters. The van der Waals surface area contributed by atoms with Crippen LogP contribution in [0.15, 0.2) is 60.2 Å². The van der Waals surface area contributed by atoms with E-state index in [0.29, 0.717) is 5.78 Å². The van der Waals surface area contributed by atoms with Crippen molar-refractivity contribution in [1.82, 2.24) is 9.88 Å². The van der Waals surface area contributed by atoms with Gasteiger partial charge < -0.3 is 4.90 Å². The Balaban J connectivity index is 1.31. The van der Waals surface area contributed by atoms with Gasteiger partial charge in [-0.25, -0.2) is 0 Å². The zero-order chi connectivity index (χ0) is 21.0. The molecule has 1 aromatic carbocycles. The Morgan fingerprint density at radius 1 is 1.10 bits per heavy atom. The van der Waals surface area contributed by atoms with E-state index in [1.165, 1.54) is 40.5 Å². The SMILES string of the molecule is O=C(C1CCCCC1)C(CCN1C=C(c2cccc3ccsc23)CC1)c1ccccn1. The summed E-state index contributed by atoms with van der Waals surface area (Å²) in [5.74, 6) is 0.564. The number of nitrogens with zero attached hydrogens (tertiary/aromatic N) is 2. The Morgan fingerprint density at radius 3 is 2.84 bits per heavy atom. The predicted octanol–water partition coefficient (Wildman–Crippen LogP) is 6.67. The molecule has 3 nitrogen and oxygen atoms in total. The second-order valence-corrected chi connectivity index (χ2v) is 9.83. The van der Waals surface area contributed by atoms with Gasteiger partial charge >= 0.3 is 0 Å². The van der Waals surface area contributed by atoms with Crippen molar-refractivity contribution >= 4 is 32.8 Å². The van der Waals surface area contributed by atoms with Gasteiger partial charge in [-0.3, -0.25) is 9.78 Å². The molecule has 1 aliphatic heterocycles. The Labute approximate surface area is 188 Å². The first-order valence-electron chi connectivity index (χ1n) is 11.7. The molecule has 5 rings (SSSR count). The fraction of sp³-hybridized carbons (Fsp3) is 0.407. The zero-order valence-corrected chi connectivity index (χ0v) is 18.8. The first-order valence-corrected chi connectivity index (χ1v) is 12.5. The van der Waals surface area contributed by atoms with Crippen molar-refractivity contribution in [3.63, 3.8) is 0 Å². The highest BCUT2D eigenvalue weighted by Gasteiger charge is 2.30. The van der Waals surface area contributed by atoms with Crippen LogP contribution in [0.1, 0.15) is 62.1 Å². The predicted molar refractivity (Wildman–Crippen MR) is 129 cm³/mol. The van der Waals surface area contributed by atoms with Gasteiger partial charge in [0, 0.05) is 36.1 Å². The second-order valence-electron chi connectivity index (χ2n) is 8.92. The molecule has 0 N–H and O–H groups in total. The minimum Gasteiger partial charge on any atom is -0.377 e. The van der Waals surface area contributed by atoms with Crippen LogP contribution < -0.4 is 0 Å². The van der Waals surface area contributed by atoms with Crippen molar-refractivity contribution in [3.8, 4) is 0 Å². The van der Waals surface area contributed by atoms with E-state index in [4.69, 9.17) is 0 Å². The quantitative estimate of drug-likeness (QED) is 0.420. The summed E-state index contributed by atoms with van der Waals surface area (Å²) in [6.45, 7) is 1.94. The van der Waals surface area contributed by atoms with Crippen LogP contribution in [-0.2, 0) is 4.79 Å². The van der Waals surface area contributed by atoms with Crippen molar-refractivity contribution in [3.05, 3.63) is 71.5 Å². The minimum atomic E-state index is -0.0810. The standard InChI is InChI=1S/C27H30N2OS/c30-26(20-7-2-1-3-8-20)24(25-11-4-5-15-28-25)13-17-29-16-12-22(19-29)23-10-6-9-21-14-18-31-27(21)23/h4-6,9-11,14-15,18-20,24H,1-3,7-8,12-13,16-17H2. The molecule has 1 atom stereocenters. The number of fused-ring (bicyclic) bond motifs is 1. The highest BCUT2D eigenvalue weighted by molar-refractivity contribution is 7.17. The molecule has 2 aliphatic rings. The summed E-state index contributed by atoms with van der Waals surface area (Å²) in [5, 5.41) is 3.51. The highest BCUT2D eigenvalue weighted by atomic mass is 32.1. The van der Waals surface area contributed by atoms with E-state index in [0.717, 1.165) is 44.5 Å². The van der Waals surface area contributed by atoms with Crippen LogP contribution in [0, 0.1) is 5.92 Å². The molecule has 160 valence electrons. The smallest absolute Gasteiger partial charge is 0.145 e. The van der Waals surface area contributed by atoms with E-state index >= 15 is 0 Å². The third-order valence-corrected chi connectivity index (χ3v) is 7.90. The Hall–Kier alpha value is -2.46. The van der Waals surface area contributed by atoms with Crippen molar-refractivity contribution in [2.24, 2.45) is 5.92 Å². The largest absolute Gasteiger partial charge is 0.377 e. The Kier molecular flexibility index (Phi) is 6.17. The summed E-state index contributed by atoms with van der Waals surface area (Å²) in [6, 6.07) is 14.8. The molecule has 2 aromatic heterocycles. The molecule has 0 bridgehead atoms. The van der Waals surface area contributed by atoms with Crippen molar-refractivity contribution in [1.29, 1.82) is 0 Å². The number of hydrogen-bond acceptors (Lipinski definition) is 4. The number of Topliss-reactive ketones (excluding diaryl/α,β-unsaturated/α-hetero) is 1. The lowest BCUT2D eigenvalue weighted by Gasteiger charge is -2.26.